The normalized spacial score (nSPS) is 38.1. The summed E-state index contributed by atoms with van der Waals surface area (Å²) in [6, 6.07) is 1.11. The fourth-order valence-corrected chi connectivity index (χ4v) is 3.07. The molecule has 17 heavy (non-hydrogen) atoms. The summed E-state index contributed by atoms with van der Waals surface area (Å²) in [7, 11) is 2.22. The molecule has 0 aliphatic carbocycles. The molecule has 2 aliphatic heterocycles. The summed E-state index contributed by atoms with van der Waals surface area (Å²) >= 11 is 0. The molecule has 4 heteroatoms. The lowest BCUT2D eigenvalue weighted by Gasteiger charge is -2.30. The van der Waals surface area contributed by atoms with E-state index in [0.29, 0.717) is 24.1 Å². The van der Waals surface area contributed by atoms with Gasteiger partial charge in [-0.3, -0.25) is 0 Å². The first-order chi connectivity index (χ1) is 8.22. The zero-order valence-corrected chi connectivity index (χ0v) is 11.3. The van der Waals surface area contributed by atoms with Gasteiger partial charge in [0.15, 0.2) is 0 Å². The minimum Gasteiger partial charge on any atom is -0.379 e. The van der Waals surface area contributed by atoms with E-state index in [1.807, 2.05) is 0 Å². The third kappa shape index (κ3) is 3.19. The molecule has 0 amide bonds. The van der Waals surface area contributed by atoms with Crippen LogP contribution in [0, 0.1) is 5.92 Å². The van der Waals surface area contributed by atoms with Gasteiger partial charge < -0.3 is 19.7 Å². The molecule has 2 rings (SSSR count). The predicted molar refractivity (Wildman–Crippen MR) is 68.2 cm³/mol. The summed E-state index contributed by atoms with van der Waals surface area (Å²) in [6.45, 7) is 9.14. The second kappa shape index (κ2) is 6.14. The molecule has 1 N–H and O–H groups in total. The lowest BCUT2D eigenvalue weighted by molar-refractivity contribution is 0.0755. The van der Waals surface area contributed by atoms with Crippen molar-refractivity contribution in [1.82, 2.24) is 10.2 Å². The SMILES string of the molecule is CCNC1COCC1CN(C)C1CCOC1C. The summed E-state index contributed by atoms with van der Waals surface area (Å²) in [6.07, 6.45) is 1.54. The Balaban J connectivity index is 1.82. The molecule has 4 atom stereocenters. The van der Waals surface area contributed by atoms with Crippen LogP contribution in [0.3, 0.4) is 0 Å². The van der Waals surface area contributed by atoms with Gasteiger partial charge in [-0.25, -0.2) is 0 Å². The van der Waals surface area contributed by atoms with Crippen LogP contribution in [-0.2, 0) is 9.47 Å². The molecule has 2 saturated heterocycles. The Hall–Kier alpha value is -0.160. The molecule has 0 radical (unpaired) electrons. The van der Waals surface area contributed by atoms with E-state index in [1.165, 1.54) is 0 Å². The quantitative estimate of drug-likeness (QED) is 0.770. The summed E-state index contributed by atoms with van der Waals surface area (Å²) in [5, 5.41) is 3.52. The van der Waals surface area contributed by atoms with Crippen molar-refractivity contribution in [2.24, 2.45) is 5.92 Å². The maximum atomic E-state index is 5.64. The molecule has 0 aromatic heterocycles. The van der Waals surface area contributed by atoms with E-state index in [0.717, 1.165) is 39.3 Å². The van der Waals surface area contributed by atoms with Gasteiger partial charge in [-0.15, -0.1) is 0 Å². The first-order valence-electron chi connectivity index (χ1n) is 6.85. The van der Waals surface area contributed by atoms with Crippen LogP contribution in [0.25, 0.3) is 0 Å². The molecule has 4 nitrogen and oxygen atoms in total. The van der Waals surface area contributed by atoms with E-state index in [2.05, 4.69) is 31.1 Å². The molecule has 0 bridgehead atoms. The maximum Gasteiger partial charge on any atom is 0.0702 e. The van der Waals surface area contributed by atoms with Crippen LogP contribution < -0.4 is 5.32 Å². The molecule has 0 spiro atoms. The van der Waals surface area contributed by atoms with E-state index in [1.54, 1.807) is 0 Å². The summed E-state index contributed by atoms with van der Waals surface area (Å²) in [5.74, 6) is 0.618. The van der Waals surface area contributed by atoms with Crippen LogP contribution >= 0.6 is 0 Å². The standard InChI is InChI=1S/C13H26N2O2/c1-4-14-12-9-16-8-11(12)7-15(3)13-5-6-17-10(13)2/h10-14H,4-9H2,1-3H3. The molecule has 0 saturated carbocycles. The van der Waals surface area contributed by atoms with E-state index >= 15 is 0 Å². The summed E-state index contributed by atoms with van der Waals surface area (Å²) in [5.41, 5.74) is 0. The van der Waals surface area contributed by atoms with E-state index in [9.17, 15) is 0 Å². The maximum absolute atomic E-state index is 5.64. The van der Waals surface area contributed by atoms with Gasteiger partial charge in [0.25, 0.3) is 0 Å². The Morgan fingerprint density at radius 2 is 2.18 bits per heavy atom. The highest BCUT2D eigenvalue weighted by molar-refractivity contribution is 4.87. The number of rotatable bonds is 5. The second-order valence-corrected chi connectivity index (χ2v) is 5.33. The lowest BCUT2D eigenvalue weighted by atomic mass is 10.0. The van der Waals surface area contributed by atoms with Gasteiger partial charge in [0, 0.05) is 31.2 Å². The molecule has 2 heterocycles. The van der Waals surface area contributed by atoms with Crippen LogP contribution in [0.5, 0.6) is 0 Å². The van der Waals surface area contributed by atoms with Crippen LogP contribution in [-0.4, -0.2) is 63.0 Å². The largest absolute Gasteiger partial charge is 0.379 e. The number of ether oxygens (including phenoxy) is 2. The first kappa shape index (κ1) is 13.3. The van der Waals surface area contributed by atoms with Crippen molar-refractivity contribution < 1.29 is 9.47 Å². The number of likely N-dealkylation sites (N-methyl/N-ethyl adjacent to an activating group) is 2. The van der Waals surface area contributed by atoms with Crippen molar-refractivity contribution >= 4 is 0 Å². The Morgan fingerprint density at radius 1 is 1.35 bits per heavy atom. The van der Waals surface area contributed by atoms with Crippen LogP contribution in [0.4, 0.5) is 0 Å². The zero-order valence-electron chi connectivity index (χ0n) is 11.3. The number of hydrogen-bond acceptors (Lipinski definition) is 4. The fraction of sp³-hybridized carbons (Fsp3) is 1.00. The Labute approximate surface area is 105 Å². The van der Waals surface area contributed by atoms with E-state index in [-0.39, 0.29) is 0 Å². The average Bonchev–Trinajstić information content (AvgIpc) is 2.89. The Morgan fingerprint density at radius 3 is 2.82 bits per heavy atom. The highest BCUT2D eigenvalue weighted by Crippen LogP contribution is 2.21. The number of nitrogens with one attached hydrogen (secondary N) is 1. The van der Waals surface area contributed by atoms with Crippen molar-refractivity contribution in [3.63, 3.8) is 0 Å². The van der Waals surface area contributed by atoms with Crippen LogP contribution in [0.2, 0.25) is 0 Å². The van der Waals surface area contributed by atoms with Gasteiger partial charge in [0.1, 0.15) is 0 Å². The number of nitrogens with zero attached hydrogens (tertiary/aromatic N) is 1. The van der Waals surface area contributed by atoms with Gasteiger partial charge in [0.2, 0.25) is 0 Å². The molecule has 4 unspecified atom stereocenters. The highest BCUT2D eigenvalue weighted by atomic mass is 16.5. The fourth-order valence-electron chi connectivity index (χ4n) is 3.07. The van der Waals surface area contributed by atoms with Crippen molar-refractivity contribution in [1.29, 1.82) is 0 Å². The van der Waals surface area contributed by atoms with Crippen LogP contribution in [0.15, 0.2) is 0 Å². The lowest BCUT2D eigenvalue weighted by Crippen LogP contribution is -2.45. The third-order valence-electron chi connectivity index (χ3n) is 4.09. The monoisotopic (exact) mass is 242 g/mol. The van der Waals surface area contributed by atoms with Crippen LogP contribution in [0.1, 0.15) is 20.3 Å². The predicted octanol–water partition coefficient (Wildman–Crippen LogP) is 0.720. The van der Waals surface area contributed by atoms with Gasteiger partial charge in [-0.05, 0) is 26.9 Å². The topological polar surface area (TPSA) is 33.7 Å². The van der Waals surface area contributed by atoms with Crippen molar-refractivity contribution in [3.8, 4) is 0 Å². The van der Waals surface area contributed by atoms with E-state index < -0.39 is 0 Å². The summed E-state index contributed by atoms with van der Waals surface area (Å²) in [4.78, 5) is 2.46. The van der Waals surface area contributed by atoms with Gasteiger partial charge in [0.05, 0.1) is 19.3 Å². The third-order valence-corrected chi connectivity index (χ3v) is 4.09. The Kier molecular flexibility index (Phi) is 4.79. The smallest absolute Gasteiger partial charge is 0.0702 e. The van der Waals surface area contributed by atoms with Gasteiger partial charge >= 0.3 is 0 Å². The first-order valence-corrected chi connectivity index (χ1v) is 6.85. The molecular weight excluding hydrogens is 216 g/mol. The minimum atomic E-state index is 0.375. The Bertz CT molecular complexity index is 237. The molecule has 2 fully saturated rings. The van der Waals surface area contributed by atoms with Gasteiger partial charge in [-0.2, -0.15) is 0 Å². The van der Waals surface area contributed by atoms with Crippen molar-refractivity contribution in [3.05, 3.63) is 0 Å². The van der Waals surface area contributed by atoms with Crippen molar-refractivity contribution in [2.75, 3.05) is 40.0 Å². The van der Waals surface area contributed by atoms with Gasteiger partial charge in [-0.1, -0.05) is 6.92 Å². The molecule has 100 valence electrons. The number of hydrogen-bond donors (Lipinski definition) is 1. The molecule has 0 aromatic carbocycles. The zero-order chi connectivity index (χ0) is 12.3. The average molecular weight is 242 g/mol. The second-order valence-electron chi connectivity index (χ2n) is 5.33. The molecule has 2 aliphatic rings. The molecular formula is C13H26N2O2. The minimum absolute atomic E-state index is 0.375. The van der Waals surface area contributed by atoms with Crippen molar-refractivity contribution in [2.45, 2.75) is 38.5 Å². The molecule has 0 aromatic rings. The van der Waals surface area contributed by atoms with E-state index in [4.69, 9.17) is 9.47 Å². The summed E-state index contributed by atoms with van der Waals surface area (Å²) < 4.78 is 11.2. The highest BCUT2D eigenvalue weighted by Gasteiger charge is 2.33.